The highest BCUT2D eigenvalue weighted by Gasteiger charge is 2.47. The van der Waals surface area contributed by atoms with E-state index in [4.69, 9.17) is 4.42 Å². The highest BCUT2D eigenvalue weighted by atomic mass is 19.4. The molecule has 0 unspecified atom stereocenters. The van der Waals surface area contributed by atoms with E-state index >= 15 is 0 Å². The van der Waals surface area contributed by atoms with Gasteiger partial charge in [-0.2, -0.15) is 13.2 Å². The minimum absolute atomic E-state index is 0.0289. The van der Waals surface area contributed by atoms with Gasteiger partial charge in [0.1, 0.15) is 6.04 Å². The van der Waals surface area contributed by atoms with Gasteiger partial charge in [0, 0.05) is 25.9 Å². The van der Waals surface area contributed by atoms with Gasteiger partial charge in [-0.3, -0.25) is 9.59 Å². The van der Waals surface area contributed by atoms with Crippen molar-refractivity contribution in [2.24, 2.45) is 0 Å². The highest BCUT2D eigenvalue weighted by Crippen LogP contribution is 2.32. The van der Waals surface area contributed by atoms with Crippen molar-refractivity contribution in [2.75, 3.05) is 6.54 Å². The Morgan fingerprint density at radius 3 is 2.70 bits per heavy atom. The Hall–Kier alpha value is -1.99. The lowest BCUT2D eigenvalue weighted by Gasteiger charge is -2.40. The smallest absolute Gasteiger partial charge is 0.408 e. The van der Waals surface area contributed by atoms with E-state index in [-0.39, 0.29) is 31.7 Å². The van der Waals surface area contributed by atoms with Gasteiger partial charge >= 0.3 is 6.18 Å². The minimum atomic E-state index is -4.47. The molecule has 0 radical (unpaired) electrons. The van der Waals surface area contributed by atoms with Crippen molar-refractivity contribution in [3.05, 3.63) is 24.2 Å². The molecule has 23 heavy (non-hydrogen) atoms. The van der Waals surface area contributed by atoms with E-state index in [2.05, 4.69) is 5.32 Å². The van der Waals surface area contributed by atoms with Crippen molar-refractivity contribution < 1.29 is 27.2 Å². The van der Waals surface area contributed by atoms with Crippen molar-refractivity contribution in [1.82, 2.24) is 10.2 Å². The zero-order valence-electron chi connectivity index (χ0n) is 12.7. The Bertz CT molecular complexity index is 543. The Labute approximate surface area is 131 Å². The summed E-state index contributed by atoms with van der Waals surface area (Å²) in [6.45, 7) is 1.19. The van der Waals surface area contributed by atoms with Gasteiger partial charge in [-0.15, -0.1) is 0 Å². The summed E-state index contributed by atoms with van der Waals surface area (Å²) >= 11 is 0. The molecular formula is C15H19F3N2O3. The van der Waals surface area contributed by atoms with Crippen LogP contribution in [0.5, 0.6) is 0 Å². The number of alkyl halides is 3. The van der Waals surface area contributed by atoms with Gasteiger partial charge in [0.05, 0.1) is 12.5 Å². The van der Waals surface area contributed by atoms with Crippen molar-refractivity contribution >= 4 is 11.8 Å². The van der Waals surface area contributed by atoms with Crippen LogP contribution < -0.4 is 5.32 Å². The third-order valence-electron chi connectivity index (χ3n) is 3.90. The van der Waals surface area contributed by atoms with Crippen LogP contribution in [0.4, 0.5) is 13.2 Å². The maximum atomic E-state index is 13.2. The van der Waals surface area contributed by atoms with Gasteiger partial charge in [0.2, 0.25) is 11.8 Å². The molecular weight excluding hydrogens is 313 g/mol. The normalized spacial score (nSPS) is 22.0. The van der Waals surface area contributed by atoms with Crippen LogP contribution in [-0.4, -0.2) is 41.5 Å². The summed E-state index contributed by atoms with van der Waals surface area (Å²) in [5.41, 5.74) is 0.761. The Morgan fingerprint density at radius 1 is 1.39 bits per heavy atom. The fraction of sp³-hybridized carbons (Fsp3) is 0.600. The molecule has 0 bridgehead atoms. The lowest BCUT2D eigenvalue weighted by atomic mass is 9.96. The van der Waals surface area contributed by atoms with Crippen molar-refractivity contribution in [2.45, 2.75) is 50.9 Å². The number of carbonyl (C=O) groups is 2. The second-order valence-corrected chi connectivity index (χ2v) is 5.71. The largest absolute Gasteiger partial charge is 0.472 e. The monoisotopic (exact) mass is 332 g/mol. The Balaban J connectivity index is 2.04. The molecule has 5 nitrogen and oxygen atoms in total. The van der Waals surface area contributed by atoms with E-state index < -0.39 is 24.2 Å². The van der Waals surface area contributed by atoms with Gasteiger partial charge in [0.25, 0.3) is 0 Å². The topological polar surface area (TPSA) is 62.6 Å². The molecule has 1 N–H and O–H groups in total. The van der Waals surface area contributed by atoms with E-state index in [0.29, 0.717) is 6.42 Å². The van der Waals surface area contributed by atoms with Gasteiger partial charge in [-0.25, -0.2) is 0 Å². The van der Waals surface area contributed by atoms with Gasteiger partial charge in [-0.05, 0) is 30.9 Å². The zero-order chi connectivity index (χ0) is 17.0. The maximum absolute atomic E-state index is 13.2. The molecule has 1 fully saturated rings. The highest BCUT2D eigenvalue weighted by molar-refractivity contribution is 5.77. The third kappa shape index (κ3) is 4.74. The first-order chi connectivity index (χ1) is 10.8. The average Bonchev–Trinajstić information content (AvgIpc) is 2.96. The lowest BCUT2D eigenvalue weighted by Crippen LogP contribution is -2.58. The van der Waals surface area contributed by atoms with Crippen LogP contribution in [0.3, 0.4) is 0 Å². The van der Waals surface area contributed by atoms with Crippen LogP contribution in [0, 0.1) is 0 Å². The number of likely N-dealkylation sites (tertiary alicyclic amines) is 1. The molecule has 2 rings (SSSR count). The first-order valence-corrected chi connectivity index (χ1v) is 7.41. The minimum Gasteiger partial charge on any atom is -0.472 e. The number of hydrogen-bond donors (Lipinski definition) is 1. The van der Waals surface area contributed by atoms with E-state index in [9.17, 15) is 22.8 Å². The fourth-order valence-corrected chi connectivity index (χ4v) is 2.82. The molecule has 128 valence electrons. The molecule has 1 aliphatic rings. The molecule has 8 heteroatoms. The quantitative estimate of drug-likeness (QED) is 0.920. The van der Waals surface area contributed by atoms with Crippen molar-refractivity contribution in [3.8, 4) is 0 Å². The van der Waals surface area contributed by atoms with Crippen LogP contribution in [0.15, 0.2) is 23.0 Å². The molecule has 1 aromatic heterocycles. The summed E-state index contributed by atoms with van der Waals surface area (Å²) < 4.78 is 44.4. The number of nitrogens with one attached hydrogen (secondary N) is 1. The number of hydrogen-bond acceptors (Lipinski definition) is 3. The van der Waals surface area contributed by atoms with Crippen LogP contribution in [0.2, 0.25) is 0 Å². The number of nitrogens with zero attached hydrogens (tertiary/aromatic N) is 1. The first kappa shape index (κ1) is 17.4. The molecule has 1 saturated heterocycles. The summed E-state index contributed by atoms with van der Waals surface area (Å²) in [5.74, 6) is -0.880. The molecule has 1 aromatic rings. The van der Waals surface area contributed by atoms with E-state index in [0.717, 1.165) is 10.5 Å². The van der Waals surface area contributed by atoms with Crippen molar-refractivity contribution in [3.63, 3.8) is 0 Å². The summed E-state index contributed by atoms with van der Waals surface area (Å²) in [6, 6.07) is -0.557. The predicted octanol–water partition coefficient (Wildman–Crippen LogP) is 2.27. The van der Waals surface area contributed by atoms with Crippen LogP contribution in [-0.2, 0) is 16.0 Å². The number of amides is 2. The molecule has 1 aliphatic heterocycles. The molecule has 0 aromatic carbocycles. The number of rotatable bonds is 4. The molecule has 2 amide bonds. The molecule has 2 atom stereocenters. The Kier molecular flexibility index (Phi) is 5.33. The van der Waals surface area contributed by atoms with Crippen LogP contribution in [0.25, 0.3) is 0 Å². The van der Waals surface area contributed by atoms with E-state index in [1.165, 1.54) is 19.5 Å². The number of aryl methyl sites for hydroxylation is 1. The average molecular weight is 332 g/mol. The number of halogens is 3. The van der Waals surface area contributed by atoms with E-state index in [1.54, 1.807) is 6.07 Å². The number of furan rings is 1. The second-order valence-electron chi connectivity index (χ2n) is 5.71. The summed E-state index contributed by atoms with van der Waals surface area (Å²) in [6.07, 6.45) is -1.26. The lowest BCUT2D eigenvalue weighted by molar-refractivity contribution is -0.197. The van der Waals surface area contributed by atoms with Crippen LogP contribution >= 0.6 is 0 Å². The fourth-order valence-electron chi connectivity index (χ4n) is 2.82. The number of carbonyl (C=O) groups excluding carboxylic acids is 2. The maximum Gasteiger partial charge on any atom is 0.408 e. The third-order valence-corrected chi connectivity index (χ3v) is 3.90. The summed E-state index contributed by atoms with van der Waals surface area (Å²) in [4.78, 5) is 24.2. The Morgan fingerprint density at radius 2 is 2.13 bits per heavy atom. The van der Waals surface area contributed by atoms with Crippen LogP contribution in [0.1, 0.15) is 31.7 Å². The first-order valence-electron chi connectivity index (χ1n) is 7.41. The summed E-state index contributed by atoms with van der Waals surface area (Å²) in [7, 11) is 0. The molecule has 0 saturated carbocycles. The number of piperidine rings is 1. The van der Waals surface area contributed by atoms with Gasteiger partial charge in [0.15, 0.2) is 0 Å². The van der Waals surface area contributed by atoms with E-state index in [1.807, 2.05) is 0 Å². The SMILES string of the molecule is CC(=O)N[C@@H]1CC[C@H](C(F)(F)F)N(C(=O)CCc2ccoc2)C1. The second kappa shape index (κ2) is 7.06. The zero-order valence-corrected chi connectivity index (χ0v) is 12.7. The van der Waals surface area contributed by atoms with Gasteiger partial charge in [-0.1, -0.05) is 0 Å². The molecule has 0 spiro atoms. The molecule has 0 aliphatic carbocycles. The van der Waals surface area contributed by atoms with Gasteiger partial charge < -0.3 is 14.6 Å². The summed E-state index contributed by atoms with van der Waals surface area (Å²) in [5, 5.41) is 2.59. The van der Waals surface area contributed by atoms with Crippen molar-refractivity contribution in [1.29, 1.82) is 0 Å². The standard InChI is InChI=1S/C15H19F3N2O3/c1-10(21)19-12-3-4-13(15(16,17)18)20(8-12)14(22)5-2-11-6-7-23-9-11/h6-7,9,12-13H,2-5,8H2,1H3,(H,19,21)/t12-,13-/m1/s1. The predicted molar refractivity (Wildman–Crippen MR) is 75.4 cm³/mol. The molecule has 2 heterocycles.